The first-order chi connectivity index (χ1) is 14.9. The van der Waals surface area contributed by atoms with Crippen molar-refractivity contribution in [2.45, 2.75) is 25.4 Å². The zero-order valence-electron chi connectivity index (χ0n) is 17.4. The number of methoxy groups -OCH3 is 1. The second-order valence-corrected chi connectivity index (χ2v) is 10.6. The van der Waals surface area contributed by atoms with Gasteiger partial charge in [-0.3, -0.25) is 9.79 Å². The van der Waals surface area contributed by atoms with Crippen molar-refractivity contribution in [2.24, 2.45) is 4.99 Å². The molecule has 0 saturated carbocycles. The molecule has 4 rings (SSSR count). The Morgan fingerprint density at radius 1 is 1.19 bits per heavy atom. The van der Waals surface area contributed by atoms with E-state index in [-0.39, 0.29) is 35.2 Å². The summed E-state index contributed by atoms with van der Waals surface area (Å²) in [5.74, 6) is 0.762. The number of aliphatic imine (C=N–C) groups is 1. The van der Waals surface area contributed by atoms with Crippen molar-refractivity contribution in [3.8, 4) is 5.75 Å². The molecule has 0 radical (unpaired) electrons. The molecule has 1 amide bonds. The summed E-state index contributed by atoms with van der Waals surface area (Å²) >= 11 is 1.32. The number of amides is 1. The lowest BCUT2D eigenvalue weighted by Gasteiger charge is -2.27. The molecule has 0 spiro atoms. The van der Waals surface area contributed by atoms with Crippen LogP contribution in [-0.2, 0) is 21.1 Å². The van der Waals surface area contributed by atoms with E-state index in [4.69, 9.17) is 4.74 Å². The molecule has 1 saturated heterocycles. The number of amidine groups is 1. The van der Waals surface area contributed by atoms with Gasteiger partial charge in [0.1, 0.15) is 5.75 Å². The van der Waals surface area contributed by atoms with E-state index < -0.39 is 9.84 Å². The van der Waals surface area contributed by atoms with Gasteiger partial charge in [-0.2, -0.15) is 0 Å². The molecule has 0 aliphatic carbocycles. The third-order valence-electron chi connectivity index (χ3n) is 5.46. The fourth-order valence-corrected chi connectivity index (χ4v) is 6.77. The van der Waals surface area contributed by atoms with E-state index in [9.17, 15) is 13.2 Å². The highest BCUT2D eigenvalue weighted by atomic mass is 32.2. The molecule has 31 heavy (non-hydrogen) atoms. The Hall–Kier alpha value is -2.52. The number of sulfone groups is 1. The molecule has 2 aromatic carbocycles. The lowest BCUT2D eigenvalue weighted by atomic mass is 10.1. The molecule has 164 valence electrons. The zero-order valence-corrected chi connectivity index (χ0v) is 19.1. The van der Waals surface area contributed by atoms with Gasteiger partial charge in [0.25, 0.3) is 0 Å². The largest absolute Gasteiger partial charge is 0.495 e. The maximum absolute atomic E-state index is 12.6. The number of benzene rings is 2. The minimum Gasteiger partial charge on any atom is -0.495 e. The normalized spacial score (nSPS) is 21.5. The maximum atomic E-state index is 12.6. The van der Waals surface area contributed by atoms with Crippen LogP contribution in [-0.4, -0.2) is 55.9 Å². The van der Waals surface area contributed by atoms with Gasteiger partial charge in [0.2, 0.25) is 5.91 Å². The van der Waals surface area contributed by atoms with Crippen molar-refractivity contribution in [1.82, 2.24) is 0 Å². The number of fused-ring (bicyclic) bond motifs is 1. The van der Waals surface area contributed by atoms with Crippen molar-refractivity contribution in [3.63, 3.8) is 0 Å². The minimum atomic E-state index is -3.15. The van der Waals surface area contributed by atoms with Crippen LogP contribution in [0.25, 0.3) is 0 Å². The summed E-state index contributed by atoms with van der Waals surface area (Å²) in [5, 5.41) is 3.62. The number of thioether (sulfide) groups is 1. The van der Waals surface area contributed by atoms with Gasteiger partial charge in [-0.05, 0) is 30.2 Å². The first-order valence-electron chi connectivity index (χ1n) is 10.1. The molecule has 9 heteroatoms. The first-order valence-corrected chi connectivity index (χ1v) is 12.9. The lowest BCUT2D eigenvalue weighted by Crippen LogP contribution is -2.39. The van der Waals surface area contributed by atoms with E-state index in [0.717, 1.165) is 23.4 Å². The van der Waals surface area contributed by atoms with E-state index in [1.165, 1.54) is 11.8 Å². The van der Waals surface area contributed by atoms with Crippen LogP contribution in [0.4, 0.5) is 11.4 Å². The number of rotatable bonds is 6. The van der Waals surface area contributed by atoms with Crippen molar-refractivity contribution >= 4 is 44.0 Å². The van der Waals surface area contributed by atoms with Gasteiger partial charge in [0.05, 0.1) is 42.1 Å². The summed E-state index contributed by atoms with van der Waals surface area (Å²) in [6, 6.07) is 14.6. The third-order valence-corrected chi connectivity index (χ3v) is 8.12. The van der Waals surface area contributed by atoms with Gasteiger partial charge < -0.3 is 15.0 Å². The Morgan fingerprint density at radius 2 is 1.94 bits per heavy atom. The number of hydrogen-bond donors (Lipinski definition) is 1. The lowest BCUT2D eigenvalue weighted by molar-refractivity contribution is -0.113. The Labute approximate surface area is 186 Å². The molecule has 7 nitrogen and oxygen atoms in total. The van der Waals surface area contributed by atoms with Gasteiger partial charge in [0.15, 0.2) is 15.0 Å². The number of carbonyl (C=O) groups excluding carboxylic acids is 1. The van der Waals surface area contributed by atoms with Crippen LogP contribution in [0.2, 0.25) is 0 Å². The number of hydrogen-bond acceptors (Lipinski definition) is 7. The monoisotopic (exact) mass is 459 g/mol. The van der Waals surface area contributed by atoms with Crippen LogP contribution < -0.4 is 15.0 Å². The zero-order chi connectivity index (χ0) is 22.0. The van der Waals surface area contributed by atoms with Gasteiger partial charge in [-0.1, -0.05) is 49.0 Å². The predicted molar refractivity (Wildman–Crippen MR) is 126 cm³/mol. The summed E-state index contributed by atoms with van der Waals surface area (Å²) in [5.41, 5.74) is 2.65. The minimum absolute atomic E-state index is 0.0312. The highest BCUT2D eigenvalue weighted by molar-refractivity contribution is 8.14. The number of carbonyl (C=O) groups is 1. The summed E-state index contributed by atoms with van der Waals surface area (Å²) in [6.45, 7) is 2.05. The number of anilines is 2. The highest BCUT2D eigenvalue weighted by Gasteiger charge is 2.47. The van der Waals surface area contributed by atoms with Crippen LogP contribution in [0.1, 0.15) is 12.5 Å². The standard InChI is InChI=1S/C22H25N3O4S2/c1-3-15-8-4-5-9-16(15)23-21(26)12-30-22-24-17-13-31(27,28)14-19(17)25(22)18-10-6-7-11-20(18)29-2/h4-11,17,19H,3,12-14H2,1-2H3,(H,23,26)/t17-,19-/m1/s1. The van der Waals surface area contributed by atoms with Crippen LogP contribution in [0, 0.1) is 0 Å². The Balaban J connectivity index is 1.54. The van der Waals surface area contributed by atoms with Crippen LogP contribution in [0.3, 0.4) is 0 Å². The molecule has 0 bridgehead atoms. The summed E-state index contributed by atoms with van der Waals surface area (Å²) in [7, 11) is -1.56. The molecule has 1 N–H and O–H groups in total. The Kier molecular flexibility index (Phi) is 6.24. The van der Waals surface area contributed by atoms with E-state index >= 15 is 0 Å². The van der Waals surface area contributed by atoms with Crippen LogP contribution >= 0.6 is 11.8 Å². The van der Waals surface area contributed by atoms with Crippen molar-refractivity contribution in [2.75, 3.05) is 34.6 Å². The summed E-state index contributed by atoms with van der Waals surface area (Å²) in [6.07, 6.45) is 0.829. The second-order valence-electron chi connectivity index (χ2n) is 7.51. The highest BCUT2D eigenvalue weighted by Crippen LogP contribution is 2.39. The Bertz CT molecular complexity index is 1120. The number of ether oxygens (including phenoxy) is 1. The fraction of sp³-hybridized carbons (Fsp3) is 0.364. The van der Waals surface area contributed by atoms with Crippen molar-refractivity contribution < 1.29 is 17.9 Å². The Morgan fingerprint density at radius 3 is 2.71 bits per heavy atom. The molecule has 2 aliphatic heterocycles. The smallest absolute Gasteiger partial charge is 0.234 e. The van der Waals surface area contributed by atoms with Gasteiger partial charge in [-0.15, -0.1) is 0 Å². The van der Waals surface area contributed by atoms with E-state index in [1.54, 1.807) is 7.11 Å². The number of aryl methyl sites for hydroxylation is 1. The van der Waals surface area contributed by atoms with E-state index in [0.29, 0.717) is 10.9 Å². The van der Waals surface area contributed by atoms with Crippen LogP contribution in [0.15, 0.2) is 53.5 Å². The quantitative estimate of drug-likeness (QED) is 0.715. The van der Waals surface area contributed by atoms with Gasteiger partial charge in [-0.25, -0.2) is 8.42 Å². The topological polar surface area (TPSA) is 88.1 Å². The second kappa shape index (κ2) is 8.92. The maximum Gasteiger partial charge on any atom is 0.234 e. The average Bonchev–Trinajstić information content (AvgIpc) is 3.23. The van der Waals surface area contributed by atoms with Gasteiger partial charge in [0, 0.05) is 5.69 Å². The predicted octanol–water partition coefficient (Wildman–Crippen LogP) is 2.97. The number of nitrogens with zero attached hydrogens (tertiary/aromatic N) is 2. The first kappa shape index (κ1) is 21.7. The molecule has 2 aromatic rings. The SMILES string of the molecule is CCc1ccccc1NC(=O)CSC1=N[C@@H]2CS(=O)(=O)C[C@H]2N1c1ccccc1OC. The molecule has 0 unspecified atom stereocenters. The molecule has 2 heterocycles. The van der Waals surface area contributed by atoms with Gasteiger partial charge >= 0.3 is 0 Å². The summed E-state index contributed by atoms with van der Waals surface area (Å²) < 4.78 is 29.9. The molecule has 2 atom stereocenters. The molecular weight excluding hydrogens is 434 g/mol. The summed E-state index contributed by atoms with van der Waals surface area (Å²) in [4.78, 5) is 19.2. The number of nitrogens with one attached hydrogen (secondary N) is 1. The number of para-hydroxylation sites is 3. The third kappa shape index (κ3) is 4.57. The molecule has 2 aliphatic rings. The molecular formula is C22H25N3O4S2. The average molecular weight is 460 g/mol. The molecule has 1 fully saturated rings. The molecule has 0 aromatic heterocycles. The van der Waals surface area contributed by atoms with Crippen molar-refractivity contribution in [1.29, 1.82) is 0 Å². The van der Waals surface area contributed by atoms with E-state index in [2.05, 4.69) is 10.3 Å². The van der Waals surface area contributed by atoms with Crippen LogP contribution in [0.5, 0.6) is 5.75 Å². The van der Waals surface area contributed by atoms with Crippen molar-refractivity contribution in [3.05, 3.63) is 54.1 Å². The van der Waals surface area contributed by atoms with E-state index in [1.807, 2.05) is 60.4 Å². The fourth-order valence-electron chi connectivity index (χ4n) is 4.01.